The summed E-state index contributed by atoms with van der Waals surface area (Å²) in [6, 6.07) is 0. The highest BCUT2D eigenvalue weighted by atomic mass is 32.1. The molecule has 0 saturated carbocycles. The molecule has 0 bridgehead atoms. The van der Waals surface area contributed by atoms with Crippen LogP contribution in [-0.2, 0) is 27.2 Å². The molecule has 140 valence electrons. The van der Waals surface area contributed by atoms with Crippen molar-refractivity contribution in [2.45, 2.75) is 45.4 Å². The maximum atomic E-state index is 12.7. The Bertz CT molecular complexity index is 751. The molecule has 6 nitrogen and oxygen atoms in total. The molecular formula is C19H23NO5S. The van der Waals surface area contributed by atoms with E-state index in [0.29, 0.717) is 30.0 Å². The minimum absolute atomic E-state index is 0.339. The molecule has 0 spiro atoms. The van der Waals surface area contributed by atoms with Gasteiger partial charge in [-0.2, -0.15) is 0 Å². The number of esters is 1. The van der Waals surface area contributed by atoms with E-state index in [-0.39, 0.29) is 5.91 Å². The monoisotopic (exact) mass is 377 g/mol. The zero-order valence-electron chi connectivity index (χ0n) is 14.7. The third-order valence-corrected chi connectivity index (χ3v) is 6.09. The number of amides is 1. The Morgan fingerprint density at radius 1 is 1.23 bits per heavy atom. The van der Waals surface area contributed by atoms with Crippen LogP contribution in [0.1, 0.15) is 53.4 Å². The first-order valence-electron chi connectivity index (χ1n) is 9.03. The van der Waals surface area contributed by atoms with Crippen LogP contribution in [0.2, 0.25) is 0 Å². The van der Waals surface area contributed by atoms with Gasteiger partial charge in [-0.15, -0.1) is 11.3 Å². The predicted octanol–water partition coefficient (Wildman–Crippen LogP) is 3.41. The summed E-state index contributed by atoms with van der Waals surface area (Å²) in [5.74, 6) is -3.08. The number of aliphatic carboxylic acids is 1. The van der Waals surface area contributed by atoms with Gasteiger partial charge in [-0.25, -0.2) is 4.79 Å². The van der Waals surface area contributed by atoms with Gasteiger partial charge in [0.15, 0.2) is 0 Å². The first-order valence-corrected chi connectivity index (χ1v) is 9.84. The quantitative estimate of drug-likeness (QED) is 0.585. The lowest BCUT2D eigenvalue weighted by atomic mass is 9.82. The highest BCUT2D eigenvalue weighted by Gasteiger charge is 2.35. The van der Waals surface area contributed by atoms with Crippen molar-refractivity contribution in [3.63, 3.8) is 0 Å². The molecule has 1 amide bonds. The third kappa shape index (κ3) is 3.67. The van der Waals surface area contributed by atoms with E-state index in [4.69, 9.17) is 4.74 Å². The van der Waals surface area contributed by atoms with Crippen LogP contribution in [0, 0.1) is 11.8 Å². The molecule has 0 radical (unpaired) electrons. The first kappa shape index (κ1) is 18.6. The average molecular weight is 377 g/mol. The van der Waals surface area contributed by atoms with Gasteiger partial charge < -0.3 is 15.2 Å². The number of hydrogen-bond donors (Lipinski definition) is 2. The second-order valence-electron chi connectivity index (χ2n) is 6.68. The maximum absolute atomic E-state index is 12.7. The summed E-state index contributed by atoms with van der Waals surface area (Å²) in [6.07, 6.45) is 7.82. The van der Waals surface area contributed by atoms with E-state index >= 15 is 0 Å². The molecule has 2 aliphatic rings. The Hall–Kier alpha value is -2.15. The SMILES string of the molecule is CCCOC(=O)c1c(NC(=O)[C@H]2CC=CC[C@@H]2C(=O)O)sc2c1CCC2. The number of anilines is 1. The predicted molar refractivity (Wildman–Crippen MR) is 98.5 cm³/mol. The number of ether oxygens (including phenoxy) is 1. The summed E-state index contributed by atoms with van der Waals surface area (Å²) in [6.45, 7) is 2.27. The zero-order chi connectivity index (χ0) is 18.7. The van der Waals surface area contributed by atoms with Crippen molar-refractivity contribution < 1.29 is 24.2 Å². The minimum atomic E-state index is -0.967. The van der Waals surface area contributed by atoms with Crippen molar-refractivity contribution in [1.82, 2.24) is 0 Å². The molecule has 7 heteroatoms. The van der Waals surface area contributed by atoms with Gasteiger partial charge in [0.2, 0.25) is 5.91 Å². The molecule has 0 fully saturated rings. The lowest BCUT2D eigenvalue weighted by Crippen LogP contribution is -2.34. The normalized spacial score (nSPS) is 21.3. The molecule has 0 saturated heterocycles. The van der Waals surface area contributed by atoms with Gasteiger partial charge in [0.05, 0.1) is 24.0 Å². The smallest absolute Gasteiger partial charge is 0.341 e. The second kappa shape index (κ2) is 8.03. The topological polar surface area (TPSA) is 92.7 Å². The standard InChI is InChI=1S/C19H23NO5S/c1-2-10-25-19(24)15-13-8-5-9-14(13)26-17(15)20-16(21)11-6-3-4-7-12(11)18(22)23/h3-4,11-12H,2,5-10H2,1H3,(H,20,21)(H,22,23)/t11-,12-/m0/s1. The molecule has 2 aliphatic carbocycles. The van der Waals surface area contributed by atoms with Crippen molar-refractivity contribution in [3.8, 4) is 0 Å². The van der Waals surface area contributed by atoms with Crippen LogP contribution in [-0.4, -0.2) is 29.6 Å². The van der Waals surface area contributed by atoms with Gasteiger partial charge in [-0.3, -0.25) is 9.59 Å². The first-order chi connectivity index (χ1) is 12.5. The van der Waals surface area contributed by atoms with Crippen molar-refractivity contribution in [2.75, 3.05) is 11.9 Å². The van der Waals surface area contributed by atoms with Crippen LogP contribution in [0.15, 0.2) is 12.2 Å². The number of nitrogens with one attached hydrogen (secondary N) is 1. The number of thiophene rings is 1. The number of fused-ring (bicyclic) bond motifs is 1. The average Bonchev–Trinajstić information content (AvgIpc) is 3.20. The van der Waals surface area contributed by atoms with Crippen LogP contribution in [0.5, 0.6) is 0 Å². The Balaban J connectivity index is 1.83. The molecule has 1 aromatic rings. The molecule has 26 heavy (non-hydrogen) atoms. The number of rotatable bonds is 6. The Morgan fingerprint density at radius 3 is 2.65 bits per heavy atom. The molecular weight excluding hydrogens is 354 g/mol. The number of carboxylic acid groups (broad SMARTS) is 1. The van der Waals surface area contributed by atoms with Crippen LogP contribution < -0.4 is 5.32 Å². The molecule has 1 aromatic heterocycles. The fraction of sp³-hybridized carbons (Fsp3) is 0.526. The van der Waals surface area contributed by atoms with Crippen LogP contribution >= 0.6 is 11.3 Å². The summed E-state index contributed by atoms with van der Waals surface area (Å²) in [7, 11) is 0. The van der Waals surface area contributed by atoms with Crippen molar-refractivity contribution in [2.24, 2.45) is 11.8 Å². The number of hydrogen-bond acceptors (Lipinski definition) is 5. The van der Waals surface area contributed by atoms with Crippen molar-refractivity contribution >= 4 is 34.2 Å². The molecule has 1 heterocycles. The van der Waals surface area contributed by atoms with Gasteiger partial charge in [0, 0.05) is 4.88 Å². The molecule has 3 rings (SSSR count). The summed E-state index contributed by atoms with van der Waals surface area (Å²) < 4.78 is 5.30. The highest BCUT2D eigenvalue weighted by molar-refractivity contribution is 7.17. The Morgan fingerprint density at radius 2 is 1.96 bits per heavy atom. The second-order valence-corrected chi connectivity index (χ2v) is 7.79. The number of carbonyl (C=O) groups excluding carboxylic acids is 2. The number of carboxylic acids is 1. The molecule has 2 N–H and O–H groups in total. The van der Waals surface area contributed by atoms with Crippen LogP contribution in [0.25, 0.3) is 0 Å². The maximum Gasteiger partial charge on any atom is 0.341 e. The lowest BCUT2D eigenvalue weighted by molar-refractivity contribution is -0.146. The van der Waals surface area contributed by atoms with Crippen molar-refractivity contribution in [3.05, 3.63) is 28.2 Å². The van der Waals surface area contributed by atoms with E-state index < -0.39 is 23.8 Å². The summed E-state index contributed by atoms with van der Waals surface area (Å²) in [4.78, 5) is 37.8. The molecule has 0 aromatic carbocycles. The molecule has 2 atom stereocenters. The largest absolute Gasteiger partial charge is 0.481 e. The number of carbonyl (C=O) groups is 3. The fourth-order valence-corrected chi connectivity index (χ4v) is 4.84. The number of aryl methyl sites for hydroxylation is 1. The van der Waals surface area contributed by atoms with E-state index in [1.165, 1.54) is 11.3 Å². The van der Waals surface area contributed by atoms with E-state index in [1.807, 2.05) is 13.0 Å². The summed E-state index contributed by atoms with van der Waals surface area (Å²) >= 11 is 1.41. The van der Waals surface area contributed by atoms with Gasteiger partial charge in [0.1, 0.15) is 5.00 Å². The van der Waals surface area contributed by atoms with Crippen LogP contribution in [0.4, 0.5) is 5.00 Å². The lowest BCUT2D eigenvalue weighted by Gasteiger charge is -2.24. The van der Waals surface area contributed by atoms with Gasteiger partial charge in [-0.1, -0.05) is 19.1 Å². The van der Waals surface area contributed by atoms with Gasteiger partial charge in [-0.05, 0) is 44.1 Å². The third-order valence-electron chi connectivity index (χ3n) is 4.89. The zero-order valence-corrected chi connectivity index (χ0v) is 15.6. The van der Waals surface area contributed by atoms with E-state index in [9.17, 15) is 19.5 Å². The fourth-order valence-electron chi connectivity index (χ4n) is 3.56. The van der Waals surface area contributed by atoms with Crippen molar-refractivity contribution in [1.29, 1.82) is 0 Å². The number of allylic oxidation sites excluding steroid dienone is 2. The summed E-state index contributed by atoms with van der Waals surface area (Å²) in [5, 5.41) is 12.7. The highest BCUT2D eigenvalue weighted by Crippen LogP contribution is 2.40. The molecule has 0 aliphatic heterocycles. The van der Waals surface area contributed by atoms with Gasteiger partial charge >= 0.3 is 11.9 Å². The Kier molecular flexibility index (Phi) is 5.76. The van der Waals surface area contributed by atoms with E-state index in [1.54, 1.807) is 6.08 Å². The van der Waals surface area contributed by atoms with Crippen LogP contribution in [0.3, 0.4) is 0 Å². The Labute approximate surface area is 156 Å². The summed E-state index contributed by atoms with van der Waals surface area (Å²) in [5.41, 5.74) is 1.44. The van der Waals surface area contributed by atoms with E-state index in [2.05, 4.69) is 5.32 Å². The van der Waals surface area contributed by atoms with E-state index in [0.717, 1.165) is 36.1 Å². The van der Waals surface area contributed by atoms with Gasteiger partial charge in [0.25, 0.3) is 0 Å². The minimum Gasteiger partial charge on any atom is -0.481 e. The molecule has 0 unspecified atom stereocenters.